The highest BCUT2D eigenvalue weighted by atomic mass is 19.2. The highest BCUT2D eigenvalue weighted by molar-refractivity contribution is 5.71. The zero-order valence-electron chi connectivity index (χ0n) is 19.0. The Balaban J connectivity index is 1.58. The van der Waals surface area contributed by atoms with Gasteiger partial charge >= 0.3 is 0 Å². The second-order valence-corrected chi connectivity index (χ2v) is 8.80. The summed E-state index contributed by atoms with van der Waals surface area (Å²) in [6, 6.07) is 12.9. The lowest BCUT2D eigenvalue weighted by atomic mass is 9.78. The number of hydrogen-bond donors (Lipinski definition) is 0. The Morgan fingerprint density at radius 1 is 0.697 bits per heavy atom. The van der Waals surface area contributed by atoms with Gasteiger partial charge in [0.15, 0.2) is 23.3 Å². The smallest absolute Gasteiger partial charge is 0.166 e. The Hall–Kier alpha value is -2.88. The molecular formula is C29H28F4. The van der Waals surface area contributed by atoms with Crippen LogP contribution in [0.5, 0.6) is 0 Å². The van der Waals surface area contributed by atoms with E-state index in [2.05, 4.69) is 12.2 Å². The molecule has 0 aromatic heterocycles. The van der Waals surface area contributed by atoms with Gasteiger partial charge in [0.25, 0.3) is 0 Å². The van der Waals surface area contributed by atoms with Crippen LogP contribution in [0.4, 0.5) is 17.6 Å². The summed E-state index contributed by atoms with van der Waals surface area (Å²) in [5.74, 6) is -2.83. The predicted molar refractivity (Wildman–Crippen MR) is 126 cm³/mol. The standard InChI is InChI=1S/C29H28F4/c1-3-5-18-6-8-20(9-7-18)24-16-17-25(29(33)28(24)32)22-12-10-21(11-13-22)23-15-14-19(4-2)26(30)27(23)31/h3,5,10-18,20H,4,6-9H2,1-2H3. The van der Waals surface area contributed by atoms with Crippen molar-refractivity contribution in [1.29, 1.82) is 0 Å². The van der Waals surface area contributed by atoms with E-state index < -0.39 is 23.3 Å². The predicted octanol–water partition coefficient (Wildman–Crippen LogP) is 8.99. The second-order valence-electron chi connectivity index (χ2n) is 8.80. The van der Waals surface area contributed by atoms with Crippen LogP contribution in [0.15, 0.2) is 60.7 Å². The summed E-state index contributed by atoms with van der Waals surface area (Å²) in [5, 5.41) is 0. The number of aryl methyl sites for hydroxylation is 1. The van der Waals surface area contributed by atoms with E-state index in [1.807, 2.05) is 6.92 Å². The van der Waals surface area contributed by atoms with Crippen molar-refractivity contribution in [3.8, 4) is 22.3 Å². The molecule has 0 radical (unpaired) electrons. The van der Waals surface area contributed by atoms with Crippen molar-refractivity contribution in [2.24, 2.45) is 5.92 Å². The van der Waals surface area contributed by atoms with Crippen LogP contribution in [0, 0.1) is 29.2 Å². The van der Waals surface area contributed by atoms with Crippen molar-refractivity contribution in [3.63, 3.8) is 0 Å². The topological polar surface area (TPSA) is 0 Å². The Morgan fingerprint density at radius 3 is 1.79 bits per heavy atom. The van der Waals surface area contributed by atoms with Crippen LogP contribution in [0.2, 0.25) is 0 Å². The van der Waals surface area contributed by atoms with Crippen LogP contribution >= 0.6 is 0 Å². The van der Waals surface area contributed by atoms with Gasteiger partial charge in [-0.15, -0.1) is 0 Å². The molecule has 0 aliphatic heterocycles. The molecule has 0 spiro atoms. The molecule has 0 bridgehead atoms. The van der Waals surface area contributed by atoms with Crippen molar-refractivity contribution < 1.29 is 17.6 Å². The molecule has 4 rings (SSSR count). The Labute approximate surface area is 193 Å². The molecule has 0 amide bonds. The third-order valence-electron chi connectivity index (χ3n) is 6.84. The molecule has 0 unspecified atom stereocenters. The lowest BCUT2D eigenvalue weighted by Gasteiger charge is -2.27. The van der Waals surface area contributed by atoms with Gasteiger partial charge in [-0.05, 0) is 73.1 Å². The van der Waals surface area contributed by atoms with Gasteiger partial charge in [-0.2, -0.15) is 0 Å². The van der Waals surface area contributed by atoms with Crippen LogP contribution < -0.4 is 0 Å². The Morgan fingerprint density at radius 2 is 1.24 bits per heavy atom. The molecule has 172 valence electrons. The molecule has 1 saturated carbocycles. The van der Waals surface area contributed by atoms with Gasteiger partial charge in [0.1, 0.15) is 0 Å². The fourth-order valence-corrected chi connectivity index (χ4v) is 4.91. The monoisotopic (exact) mass is 452 g/mol. The molecule has 0 N–H and O–H groups in total. The van der Waals surface area contributed by atoms with Gasteiger partial charge in [0.05, 0.1) is 0 Å². The van der Waals surface area contributed by atoms with E-state index in [4.69, 9.17) is 0 Å². The van der Waals surface area contributed by atoms with Crippen molar-refractivity contribution >= 4 is 0 Å². The van der Waals surface area contributed by atoms with E-state index in [1.165, 1.54) is 0 Å². The fraction of sp³-hybridized carbons (Fsp3) is 0.310. The lowest BCUT2D eigenvalue weighted by molar-refractivity contribution is 0.364. The second kappa shape index (κ2) is 9.94. The molecule has 0 saturated heterocycles. The minimum atomic E-state index is -0.896. The summed E-state index contributed by atoms with van der Waals surface area (Å²) in [7, 11) is 0. The average Bonchev–Trinajstić information content (AvgIpc) is 2.84. The molecule has 0 atom stereocenters. The van der Waals surface area contributed by atoms with Gasteiger partial charge in [0.2, 0.25) is 0 Å². The molecule has 0 heterocycles. The number of benzene rings is 3. The van der Waals surface area contributed by atoms with E-state index >= 15 is 8.78 Å². The van der Waals surface area contributed by atoms with Gasteiger partial charge < -0.3 is 0 Å². The van der Waals surface area contributed by atoms with E-state index in [9.17, 15) is 8.78 Å². The summed E-state index contributed by atoms with van der Waals surface area (Å²) < 4.78 is 58.7. The summed E-state index contributed by atoms with van der Waals surface area (Å²) in [6.07, 6.45) is 8.30. The maximum absolute atomic E-state index is 15.0. The van der Waals surface area contributed by atoms with Crippen molar-refractivity contribution in [2.75, 3.05) is 0 Å². The molecule has 4 heteroatoms. The zero-order valence-corrected chi connectivity index (χ0v) is 19.0. The Bertz CT molecular complexity index is 1150. The maximum Gasteiger partial charge on any atom is 0.166 e. The van der Waals surface area contributed by atoms with E-state index in [1.54, 1.807) is 55.5 Å². The van der Waals surface area contributed by atoms with Gasteiger partial charge in [-0.1, -0.05) is 67.6 Å². The summed E-state index contributed by atoms with van der Waals surface area (Å²) >= 11 is 0. The molecule has 1 fully saturated rings. The van der Waals surface area contributed by atoms with Crippen molar-refractivity contribution in [2.45, 2.75) is 51.9 Å². The number of allylic oxidation sites excluding steroid dienone is 2. The van der Waals surface area contributed by atoms with Gasteiger partial charge in [0, 0.05) is 11.1 Å². The molecular weight excluding hydrogens is 424 g/mol. The van der Waals surface area contributed by atoms with E-state index in [-0.39, 0.29) is 17.0 Å². The molecule has 3 aromatic rings. The van der Waals surface area contributed by atoms with Crippen LogP contribution in [-0.2, 0) is 6.42 Å². The first-order chi connectivity index (χ1) is 15.9. The highest BCUT2D eigenvalue weighted by Crippen LogP contribution is 2.39. The molecule has 33 heavy (non-hydrogen) atoms. The SMILES string of the molecule is CC=CC1CCC(c2ccc(-c3ccc(-c4ccc(CC)c(F)c4F)cc3)c(F)c2F)CC1. The first kappa shape index (κ1) is 23.3. The van der Waals surface area contributed by atoms with Gasteiger partial charge in [-0.3, -0.25) is 0 Å². The number of hydrogen-bond acceptors (Lipinski definition) is 0. The number of rotatable bonds is 5. The van der Waals surface area contributed by atoms with Crippen LogP contribution in [0.1, 0.15) is 56.6 Å². The van der Waals surface area contributed by atoms with Crippen LogP contribution in [0.3, 0.4) is 0 Å². The van der Waals surface area contributed by atoms with Crippen LogP contribution in [-0.4, -0.2) is 0 Å². The van der Waals surface area contributed by atoms with Crippen molar-refractivity contribution in [1.82, 2.24) is 0 Å². The lowest BCUT2D eigenvalue weighted by Crippen LogP contribution is -2.13. The third kappa shape index (κ3) is 4.62. The molecule has 0 nitrogen and oxygen atoms in total. The first-order valence-corrected chi connectivity index (χ1v) is 11.6. The average molecular weight is 453 g/mol. The zero-order chi connectivity index (χ0) is 23.5. The quantitative estimate of drug-likeness (QED) is 0.268. The normalized spacial score (nSPS) is 18.7. The first-order valence-electron chi connectivity index (χ1n) is 11.6. The Kier molecular flexibility index (Phi) is 7.02. The number of halogens is 4. The largest absolute Gasteiger partial charge is 0.203 e. The molecule has 3 aromatic carbocycles. The third-order valence-corrected chi connectivity index (χ3v) is 6.84. The fourth-order valence-electron chi connectivity index (χ4n) is 4.91. The molecule has 1 aliphatic carbocycles. The summed E-state index contributed by atoms with van der Waals surface area (Å²) in [5.41, 5.74) is 2.05. The maximum atomic E-state index is 15.0. The van der Waals surface area contributed by atoms with E-state index in [0.717, 1.165) is 25.7 Å². The minimum absolute atomic E-state index is 0.0291. The summed E-state index contributed by atoms with van der Waals surface area (Å²) in [6.45, 7) is 3.77. The molecule has 1 aliphatic rings. The highest BCUT2D eigenvalue weighted by Gasteiger charge is 2.25. The van der Waals surface area contributed by atoms with E-state index in [0.29, 0.717) is 34.6 Å². The minimum Gasteiger partial charge on any atom is -0.203 e. The van der Waals surface area contributed by atoms with Gasteiger partial charge in [-0.25, -0.2) is 17.6 Å². The summed E-state index contributed by atoms with van der Waals surface area (Å²) in [4.78, 5) is 0. The van der Waals surface area contributed by atoms with Crippen molar-refractivity contribution in [3.05, 3.63) is 95.1 Å². The van der Waals surface area contributed by atoms with Crippen LogP contribution in [0.25, 0.3) is 22.3 Å².